The van der Waals surface area contributed by atoms with Crippen LogP contribution in [0.25, 0.3) is 11.0 Å². The van der Waals surface area contributed by atoms with E-state index in [4.69, 9.17) is 9.63 Å². The van der Waals surface area contributed by atoms with Crippen molar-refractivity contribution in [3.8, 4) is 0 Å². The molecule has 1 amide bonds. The second-order valence-electron chi connectivity index (χ2n) is 4.71. The predicted octanol–water partition coefficient (Wildman–Crippen LogP) is 1.60. The topological polar surface area (TPSA) is 66.6 Å². The van der Waals surface area contributed by atoms with Crippen LogP contribution >= 0.6 is 0 Å². The van der Waals surface area contributed by atoms with E-state index in [0.717, 1.165) is 5.39 Å². The molecular weight excluding hydrogens is 244 g/mol. The summed E-state index contributed by atoms with van der Waals surface area (Å²) in [6.07, 6.45) is 0.190. The highest BCUT2D eigenvalue weighted by Crippen LogP contribution is 2.18. The summed E-state index contributed by atoms with van der Waals surface area (Å²) in [5.74, 6) is -0.0527. The number of para-hydroxylation sites is 1. The van der Waals surface area contributed by atoms with Crippen molar-refractivity contribution in [1.29, 1.82) is 0 Å². The minimum atomic E-state index is -0.0527. The van der Waals surface area contributed by atoms with Crippen molar-refractivity contribution in [3.05, 3.63) is 30.0 Å². The summed E-state index contributed by atoms with van der Waals surface area (Å²) in [5, 5.41) is 13.8. The maximum absolute atomic E-state index is 12.2. The van der Waals surface area contributed by atoms with Crippen molar-refractivity contribution < 1.29 is 14.4 Å². The van der Waals surface area contributed by atoms with Gasteiger partial charge in [-0.1, -0.05) is 17.3 Å². The molecule has 0 aliphatic heterocycles. The molecule has 5 nitrogen and oxygen atoms in total. The van der Waals surface area contributed by atoms with Gasteiger partial charge in [-0.05, 0) is 26.0 Å². The molecule has 2 rings (SSSR count). The van der Waals surface area contributed by atoms with E-state index in [9.17, 15) is 4.79 Å². The molecule has 1 aromatic carbocycles. The van der Waals surface area contributed by atoms with Crippen molar-refractivity contribution >= 4 is 16.9 Å². The van der Waals surface area contributed by atoms with Crippen LogP contribution in [-0.2, 0) is 11.2 Å². The van der Waals surface area contributed by atoms with Crippen LogP contribution in [0.15, 0.2) is 28.8 Å². The molecule has 0 spiro atoms. The molecule has 19 heavy (non-hydrogen) atoms. The number of aliphatic hydroxyl groups is 1. The third kappa shape index (κ3) is 2.93. The molecule has 0 fully saturated rings. The minimum absolute atomic E-state index is 0.0382. The number of rotatable bonds is 5. The number of hydrogen-bond acceptors (Lipinski definition) is 4. The SMILES string of the molecule is CC(C)N(CCO)C(=O)Cc1noc2ccccc12. The Morgan fingerprint density at radius 2 is 2.16 bits per heavy atom. The highest BCUT2D eigenvalue weighted by molar-refractivity contribution is 5.86. The van der Waals surface area contributed by atoms with Crippen LogP contribution in [0.4, 0.5) is 0 Å². The van der Waals surface area contributed by atoms with E-state index in [1.165, 1.54) is 0 Å². The molecule has 1 aromatic heterocycles. The molecule has 0 saturated carbocycles. The number of fused-ring (bicyclic) bond motifs is 1. The summed E-state index contributed by atoms with van der Waals surface area (Å²) in [6.45, 7) is 4.15. The first-order valence-corrected chi connectivity index (χ1v) is 6.37. The lowest BCUT2D eigenvalue weighted by Crippen LogP contribution is -2.40. The molecule has 0 aliphatic rings. The molecular formula is C14H18N2O3. The van der Waals surface area contributed by atoms with E-state index in [1.807, 2.05) is 38.1 Å². The number of hydrogen-bond donors (Lipinski definition) is 1. The zero-order valence-electron chi connectivity index (χ0n) is 11.2. The average molecular weight is 262 g/mol. The number of amides is 1. The Labute approximate surface area is 111 Å². The number of nitrogens with zero attached hydrogens (tertiary/aromatic N) is 2. The zero-order chi connectivity index (χ0) is 13.8. The molecule has 0 bridgehead atoms. The standard InChI is InChI=1S/C14H18N2O3/c1-10(2)16(7-8-17)14(18)9-12-11-5-3-4-6-13(11)19-15-12/h3-6,10,17H,7-9H2,1-2H3. The van der Waals surface area contributed by atoms with Crippen LogP contribution in [0.5, 0.6) is 0 Å². The lowest BCUT2D eigenvalue weighted by Gasteiger charge is -2.25. The van der Waals surface area contributed by atoms with Gasteiger partial charge in [0.2, 0.25) is 5.91 Å². The number of aliphatic hydroxyl groups excluding tert-OH is 1. The Kier molecular flexibility index (Phi) is 4.16. The maximum atomic E-state index is 12.2. The van der Waals surface area contributed by atoms with Gasteiger partial charge in [0.1, 0.15) is 5.69 Å². The molecule has 102 valence electrons. The average Bonchev–Trinajstić information content (AvgIpc) is 2.79. The summed E-state index contributed by atoms with van der Waals surface area (Å²) in [6, 6.07) is 7.52. The fourth-order valence-electron chi connectivity index (χ4n) is 2.09. The number of carbonyl (C=O) groups is 1. The molecule has 2 aromatic rings. The van der Waals surface area contributed by atoms with Crippen LogP contribution in [-0.4, -0.2) is 40.3 Å². The Balaban J connectivity index is 2.18. The fourth-order valence-corrected chi connectivity index (χ4v) is 2.09. The molecule has 0 radical (unpaired) electrons. The van der Waals surface area contributed by atoms with Crippen LogP contribution < -0.4 is 0 Å². The summed E-state index contributed by atoms with van der Waals surface area (Å²) < 4.78 is 5.18. The van der Waals surface area contributed by atoms with Crippen molar-refractivity contribution in [2.75, 3.05) is 13.2 Å². The van der Waals surface area contributed by atoms with Crippen molar-refractivity contribution in [2.24, 2.45) is 0 Å². The van der Waals surface area contributed by atoms with Gasteiger partial charge >= 0.3 is 0 Å². The Bertz CT molecular complexity index is 563. The van der Waals surface area contributed by atoms with Gasteiger partial charge in [0, 0.05) is 18.0 Å². The Hall–Kier alpha value is -1.88. The minimum Gasteiger partial charge on any atom is -0.395 e. The second-order valence-corrected chi connectivity index (χ2v) is 4.71. The van der Waals surface area contributed by atoms with Gasteiger partial charge in [-0.15, -0.1) is 0 Å². The highest BCUT2D eigenvalue weighted by atomic mass is 16.5. The zero-order valence-corrected chi connectivity index (χ0v) is 11.2. The highest BCUT2D eigenvalue weighted by Gasteiger charge is 2.19. The van der Waals surface area contributed by atoms with Crippen LogP contribution in [0.3, 0.4) is 0 Å². The van der Waals surface area contributed by atoms with E-state index in [0.29, 0.717) is 17.8 Å². The monoisotopic (exact) mass is 262 g/mol. The third-order valence-corrected chi connectivity index (χ3v) is 3.06. The molecule has 0 saturated heterocycles. The molecule has 1 N–H and O–H groups in total. The first-order valence-electron chi connectivity index (χ1n) is 6.37. The van der Waals surface area contributed by atoms with Crippen molar-refractivity contribution in [2.45, 2.75) is 26.3 Å². The Morgan fingerprint density at radius 3 is 2.84 bits per heavy atom. The first kappa shape index (κ1) is 13.5. The van der Waals surface area contributed by atoms with Gasteiger partial charge in [0.15, 0.2) is 5.58 Å². The lowest BCUT2D eigenvalue weighted by atomic mass is 10.1. The van der Waals surface area contributed by atoms with Gasteiger partial charge < -0.3 is 14.5 Å². The quantitative estimate of drug-likeness (QED) is 0.888. The Morgan fingerprint density at radius 1 is 1.42 bits per heavy atom. The maximum Gasteiger partial charge on any atom is 0.229 e. The summed E-state index contributed by atoms with van der Waals surface area (Å²) in [7, 11) is 0. The largest absolute Gasteiger partial charge is 0.395 e. The fraction of sp³-hybridized carbons (Fsp3) is 0.429. The number of aromatic nitrogens is 1. The van der Waals surface area contributed by atoms with Crippen molar-refractivity contribution in [3.63, 3.8) is 0 Å². The first-order chi connectivity index (χ1) is 9.13. The van der Waals surface area contributed by atoms with E-state index < -0.39 is 0 Å². The molecule has 0 aliphatic carbocycles. The molecule has 1 heterocycles. The summed E-state index contributed by atoms with van der Waals surface area (Å²) >= 11 is 0. The van der Waals surface area contributed by atoms with E-state index in [1.54, 1.807) is 4.90 Å². The van der Waals surface area contributed by atoms with Crippen LogP contribution in [0, 0.1) is 0 Å². The summed E-state index contributed by atoms with van der Waals surface area (Å²) in [4.78, 5) is 13.9. The van der Waals surface area contributed by atoms with E-state index in [-0.39, 0.29) is 25.0 Å². The molecule has 0 atom stereocenters. The van der Waals surface area contributed by atoms with Gasteiger partial charge in [-0.25, -0.2) is 0 Å². The summed E-state index contributed by atoms with van der Waals surface area (Å²) in [5.41, 5.74) is 1.33. The van der Waals surface area contributed by atoms with E-state index >= 15 is 0 Å². The molecule has 5 heteroatoms. The number of carbonyl (C=O) groups excluding carboxylic acids is 1. The lowest BCUT2D eigenvalue weighted by molar-refractivity contribution is -0.132. The van der Waals surface area contributed by atoms with Crippen LogP contribution in [0.1, 0.15) is 19.5 Å². The third-order valence-electron chi connectivity index (χ3n) is 3.06. The van der Waals surface area contributed by atoms with Gasteiger partial charge in [-0.2, -0.15) is 0 Å². The number of benzene rings is 1. The van der Waals surface area contributed by atoms with Crippen LogP contribution in [0.2, 0.25) is 0 Å². The van der Waals surface area contributed by atoms with E-state index in [2.05, 4.69) is 5.16 Å². The van der Waals surface area contributed by atoms with Crippen molar-refractivity contribution in [1.82, 2.24) is 10.1 Å². The second kappa shape index (κ2) is 5.84. The smallest absolute Gasteiger partial charge is 0.229 e. The van der Waals surface area contributed by atoms with Gasteiger partial charge in [0.05, 0.1) is 13.0 Å². The predicted molar refractivity (Wildman–Crippen MR) is 71.6 cm³/mol. The van der Waals surface area contributed by atoms with Gasteiger partial charge in [0.25, 0.3) is 0 Å². The normalized spacial score (nSPS) is 11.2. The molecule has 0 unspecified atom stereocenters. The van der Waals surface area contributed by atoms with Gasteiger partial charge in [-0.3, -0.25) is 4.79 Å².